The lowest BCUT2D eigenvalue weighted by Gasteiger charge is -2.11. The number of rotatable bonds is 4. The minimum atomic E-state index is -0.506. The zero-order valence-electron chi connectivity index (χ0n) is 11.3. The Labute approximate surface area is 116 Å². The molecule has 0 saturated carbocycles. The van der Waals surface area contributed by atoms with E-state index in [1.165, 1.54) is 23.5 Å². The van der Waals surface area contributed by atoms with Gasteiger partial charge in [-0.15, -0.1) is 11.3 Å². The van der Waals surface area contributed by atoms with E-state index in [1.807, 2.05) is 13.1 Å². The van der Waals surface area contributed by atoms with E-state index in [4.69, 9.17) is 0 Å². The summed E-state index contributed by atoms with van der Waals surface area (Å²) in [6.07, 6.45) is 0.940. The zero-order chi connectivity index (χ0) is 14.0. The largest absolute Gasteiger partial charge is 0.312 e. The number of benzene rings is 1. The normalized spacial score (nSPS) is 12.7. The van der Waals surface area contributed by atoms with Gasteiger partial charge in [-0.25, -0.2) is 8.78 Å². The molecular weight excluding hydrogens is 264 g/mol. The summed E-state index contributed by atoms with van der Waals surface area (Å²) in [4.78, 5) is 1.74. The van der Waals surface area contributed by atoms with E-state index in [9.17, 15) is 8.78 Å². The molecule has 0 amide bonds. The Bertz CT molecular complexity index is 574. The molecule has 102 valence electrons. The molecule has 0 bridgehead atoms. The van der Waals surface area contributed by atoms with Crippen molar-refractivity contribution in [3.05, 3.63) is 46.3 Å². The van der Waals surface area contributed by atoms with E-state index < -0.39 is 11.6 Å². The number of halogens is 2. The summed E-state index contributed by atoms with van der Waals surface area (Å²) in [7, 11) is 1.89. The topological polar surface area (TPSA) is 12.0 Å². The Kier molecular flexibility index (Phi) is 4.32. The van der Waals surface area contributed by atoms with Crippen LogP contribution in [-0.4, -0.2) is 7.05 Å². The summed E-state index contributed by atoms with van der Waals surface area (Å²) < 4.78 is 27.9. The van der Waals surface area contributed by atoms with Crippen LogP contribution in [0.5, 0.6) is 0 Å². The third-order valence-corrected chi connectivity index (χ3v) is 4.47. The lowest BCUT2D eigenvalue weighted by molar-refractivity contribution is 0.584. The number of hydrogen-bond donors (Lipinski definition) is 1. The maximum atomic E-state index is 14.1. The standard InChI is InChI=1S/C15H17F2NS/c1-4-11(18-3)12-7-8-13(19-12)14-10(16)6-5-9(2)15(14)17/h5-8,11,18H,4H2,1-3H3. The van der Waals surface area contributed by atoms with Crippen molar-refractivity contribution < 1.29 is 8.78 Å². The minimum absolute atomic E-state index is 0.0854. The zero-order valence-corrected chi connectivity index (χ0v) is 12.1. The number of hydrogen-bond acceptors (Lipinski definition) is 2. The monoisotopic (exact) mass is 281 g/mol. The highest BCUT2D eigenvalue weighted by molar-refractivity contribution is 7.15. The molecule has 19 heavy (non-hydrogen) atoms. The van der Waals surface area contributed by atoms with Crippen molar-refractivity contribution >= 4 is 11.3 Å². The molecule has 1 unspecified atom stereocenters. The third-order valence-electron chi connectivity index (χ3n) is 3.26. The lowest BCUT2D eigenvalue weighted by atomic mass is 10.1. The van der Waals surface area contributed by atoms with Crippen LogP contribution in [0, 0.1) is 18.6 Å². The molecule has 0 fully saturated rings. The molecule has 1 aromatic carbocycles. The second-order valence-corrected chi connectivity index (χ2v) is 5.62. The Morgan fingerprint density at radius 2 is 1.95 bits per heavy atom. The van der Waals surface area contributed by atoms with Gasteiger partial charge in [-0.05, 0) is 44.2 Å². The van der Waals surface area contributed by atoms with Crippen molar-refractivity contribution in [3.8, 4) is 10.4 Å². The minimum Gasteiger partial charge on any atom is -0.312 e. The molecule has 1 aromatic heterocycles. The predicted octanol–water partition coefficient (Wildman–Crippen LogP) is 4.67. The molecular formula is C15H17F2NS. The SMILES string of the molecule is CCC(NC)c1ccc(-c2c(F)ccc(C)c2F)s1. The molecule has 0 saturated heterocycles. The van der Waals surface area contributed by atoms with Gasteiger partial charge in [0, 0.05) is 15.8 Å². The van der Waals surface area contributed by atoms with Gasteiger partial charge in [0.15, 0.2) is 0 Å². The van der Waals surface area contributed by atoms with Gasteiger partial charge in [-0.1, -0.05) is 13.0 Å². The van der Waals surface area contributed by atoms with Crippen LogP contribution >= 0.6 is 11.3 Å². The summed E-state index contributed by atoms with van der Waals surface area (Å²) in [5, 5.41) is 3.20. The van der Waals surface area contributed by atoms with Gasteiger partial charge in [-0.2, -0.15) is 0 Å². The van der Waals surface area contributed by atoms with Crippen LogP contribution in [0.3, 0.4) is 0 Å². The first-order chi connectivity index (χ1) is 9.08. The molecule has 0 spiro atoms. The summed E-state index contributed by atoms with van der Waals surface area (Å²) >= 11 is 1.44. The van der Waals surface area contributed by atoms with Gasteiger partial charge < -0.3 is 5.32 Å². The van der Waals surface area contributed by atoms with E-state index in [-0.39, 0.29) is 11.6 Å². The first-order valence-corrected chi connectivity index (χ1v) is 7.12. The highest BCUT2D eigenvalue weighted by Crippen LogP contribution is 2.36. The average Bonchev–Trinajstić information content (AvgIpc) is 2.85. The van der Waals surface area contributed by atoms with Crippen LogP contribution in [0.25, 0.3) is 10.4 Å². The number of thiophene rings is 1. The first-order valence-electron chi connectivity index (χ1n) is 6.30. The molecule has 2 aromatic rings. The van der Waals surface area contributed by atoms with Crippen LogP contribution in [0.2, 0.25) is 0 Å². The Morgan fingerprint density at radius 3 is 2.58 bits per heavy atom. The van der Waals surface area contributed by atoms with Gasteiger partial charge in [0.05, 0.1) is 5.56 Å². The number of aryl methyl sites for hydroxylation is 1. The molecule has 0 aliphatic rings. The van der Waals surface area contributed by atoms with Gasteiger partial charge in [-0.3, -0.25) is 0 Å². The summed E-state index contributed by atoms with van der Waals surface area (Å²) in [5.41, 5.74) is 0.550. The fraction of sp³-hybridized carbons (Fsp3) is 0.333. The molecule has 4 heteroatoms. The van der Waals surface area contributed by atoms with Crippen LogP contribution in [0.4, 0.5) is 8.78 Å². The van der Waals surface area contributed by atoms with Gasteiger partial charge >= 0.3 is 0 Å². The van der Waals surface area contributed by atoms with Crippen molar-refractivity contribution in [3.63, 3.8) is 0 Å². The molecule has 1 nitrogen and oxygen atoms in total. The van der Waals surface area contributed by atoms with E-state index in [1.54, 1.807) is 13.0 Å². The third kappa shape index (κ3) is 2.69. The highest BCUT2D eigenvalue weighted by atomic mass is 32.1. The predicted molar refractivity (Wildman–Crippen MR) is 76.5 cm³/mol. The van der Waals surface area contributed by atoms with E-state index in [0.717, 1.165) is 11.3 Å². The molecule has 2 rings (SSSR count). The van der Waals surface area contributed by atoms with Crippen LogP contribution in [0.15, 0.2) is 24.3 Å². The second-order valence-electron chi connectivity index (χ2n) is 4.50. The van der Waals surface area contributed by atoms with E-state index in [0.29, 0.717) is 10.4 Å². The van der Waals surface area contributed by atoms with Gasteiger partial charge in [0.1, 0.15) is 11.6 Å². The average molecular weight is 281 g/mol. The van der Waals surface area contributed by atoms with Crippen molar-refractivity contribution in [2.75, 3.05) is 7.05 Å². The van der Waals surface area contributed by atoms with Crippen LogP contribution in [-0.2, 0) is 0 Å². The fourth-order valence-electron chi connectivity index (χ4n) is 2.10. The lowest BCUT2D eigenvalue weighted by Crippen LogP contribution is -2.13. The maximum Gasteiger partial charge on any atom is 0.137 e. The van der Waals surface area contributed by atoms with Crippen molar-refractivity contribution in [2.45, 2.75) is 26.3 Å². The molecule has 0 radical (unpaired) electrons. The number of nitrogens with one attached hydrogen (secondary N) is 1. The second kappa shape index (κ2) is 5.80. The van der Waals surface area contributed by atoms with E-state index >= 15 is 0 Å². The summed E-state index contributed by atoms with van der Waals surface area (Å²) in [6.45, 7) is 3.73. The van der Waals surface area contributed by atoms with Crippen molar-refractivity contribution in [1.29, 1.82) is 0 Å². The summed E-state index contributed by atoms with van der Waals surface area (Å²) in [5.74, 6) is -0.972. The smallest absolute Gasteiger partial charge is 0.137 e. The Balaban J connectivity index is 2.46. The van der Waals surface area contributed by atoms with Crippen molar-refractivity contribution in [1.82, 2.24) is 5.32 Å². The Hall–Kier alpha value is -1.26. The molecule has 1 atom stereocenters. The van der Waals surface area contributed by atoms with Gasteiger partial charge in [0.2, 0.25) is 0 Å². The van der Waals surface area contributed by atoms with Gasteiger partial charge in [0.25, 0.3) is 0 Å². The maximum absolute atomic E-state index is 14.1. The first kappa shape index (κ1) is 14.2. The van der Waals surface area contributed by atoms with Crippen molar-refractivity contribution in [2.24, 2.45) is 0 Å². The molecule has 1 N–H and O–H groups in total. The fourth-order valence-corrected chi connectivity index (χ4v) is 3.35. The van der Waals surface area contributed by atoms with E-state index in [2.05, 4.69) is 12.2 Å². The molecule has 0 aliphatic carbocycles. The molecule has 1 heterocycles. The van der Waals surface area contributed by atoms with Crippen LogP contribution < -0.4 is 5.32 Å². The van der Waals surface area contributed by atoms with Crippen LogP contribution in [0.1, 0.15) is 29.8 Å². The highest BCUT2D eigenvalue weighted by Gasteiger charge is 2.17. The Morgan fingerprint density at radius 1 is 1.21 bits per heavy atom. The summed E-state index contributed by atoms with van der Waals surface area (Å²) in [6, 6.07) is 6.75. The molecule has 0 aliphatic heterocycles. The quantitative estimate of drug-likeness (QED) is 0.858.